The quantitative estimate of drug-likeness (QED) is 0.616. The number of rotatable bonds is 4. The Balaban J connectivity index is 1.45. The Hall–Kier alpha value is -2.64. The van der Waals surface area contributed by atoms with Crippen molar-refractivity contribution in [2.75, 3.05) is 20.1 Å². The number of benzene rings is 2. The van der Waals surface area contributed by atoms with Crippen LogP contribution in [0.1, 0.15) is 52.7 Å². The minimum Gasteiger partial charge on any atom is -0.507 e. The molecule has 2 aromatic carbocycles. The first kappa shape index (κ1) is 22.2. The lowest BCUT2D eigenvalue weighted by Crippen LogP contribution is -2.72. The number of phenolic OH excluding ortho intramolecular Hbond substituents is 1. The van der Waals surface area contributed by atoms with Crippen LogP contribution in [-0.2, 0) is 23.1 Å². The zero-order chi connectivity index (χ0) is 23.4. The van der Waals surface area contributed by atoms with Gasteiger partial charge in [0.05, 0.1) is 11.2 Å². The van der Waals surface area contributed by atoms with E-state index in [-0.39, 0.29) is 35.5 Å². The third-order valence-electron chi connectivity index (χ3n) is 8.17. The van der Waals surface area contributed by atoms with Gasteiger partial charge in [0.25, 0.3) is 5.91 Å². The largest absolute Gasteiger partial charge is 0.507 e. The number of likely N-dealkylation sites (N-methyl/N-ethyl adjacent to an activating group) is 1. The van der Waals surface area contributed by atoms with Crippen molar-refractivity contribution in [3.05, 3.63) is 58.7 Å². The van der Waals surface area contributed by atoms with Crippen molar-refractivity contribution < 1.29 is 19.8 Å². The van der Waals surface area contributed by atoms with Crippen molar-refractivity contribution in [2.45, 2.75) is 55.6 Å². The van der Waals surface area contributed by atoms with Gasteiger partial charge in [-0.1, -0.05) is 35.8 Å². The van der Waals surface area contributed by atoms with Crippen LogP contribution in [0.3, 0.4) is 0 Å². The molecule has 1 amide bonds. The molecule has 33 heavy (non-hydrogen) atoms. The molecule has 1 aliphatic heterocycles. The molecule has 2 bridgehead atoms. The van der Waals surface area contributed by atoms with Gasteiger partial charge in [-0.05, 0) is 56.5 Å². The van der Waals surface area contributed by atoms with Gasteiger partial charge >= 0.3 is 0 Å². The summed E-state index contributed by atoms with van der Waals surface area (Å²) in [5.74, 6) is -0.343. The zero-order valence-corrected chi connectivity index (χ0v) is 18.9. The number of amides is 1. The molecule has 0 aromatic heterocycles. The number of fused-ring (bicyclic) bond motifs is 1. The third kappa shape index (κ3) is 3.40. The number of hydrogen-bond acceptors (Lipinski definition) is 5. The van der Waals surface area contributed by atoms with E-state index in [1.807, 2.05) is 37.4 Å². The molecular weight excluding hydrogens is 415 g/mol. The van der Waals surface area contributed by atoms with Gasteiger partial charge in [0, 0.05) is 36.4 Å². The van der Waals surface area contributed by atoms with E-state index < -0.39 is 11.0 Å². The summed E-state index contributed by atoms with van der Waals surface area (Å²) in [5, 5.41) is 26.2. The maximum Gasteiger partial charge on any atom is 0.255 e. The molecule has 0 spiro atoms. The standard InChI is InChI=1S/C26H29BN2O4/c1-29-13-11-25-15-19(30)8-10-26(25,33)21(29)14-17-4-7-20(23(31)22(17)25)24(32)28-12-9-16-2-5-18(27)6-3-16/h2-7,21,31,33H,8-15H2,1H3,(H,28,32)/t21-,25-,26-/m1/s1. The highest BCUT2D eigenvalue weighted by Crippen LogP contribution is 2.59. The first-order valence-electron chi connectivity index (χ1n) is 11.7. The lowest BCUT2D eigenvalue weighted by Gasteiger charge is -2.62. The van der Waals surface area contributed by atoms with Crippen LogP contribution in [0.5, 0.6) is 5.75 Å². The molecule has 5 rings (SSSR count). The highest BCUT2D eigenvalue weighted by Gasteiger charge is 2.65. The summed E-state index contributed by atoms with van der Waals surface area (Å²) in [6.45, 7) is 1.15. The van der Waals surface area contributed by atoms with Gasteiger partial charge in [0.1, 0.15) is 19.4 Å². The minimum absolute atomic E-state index is 0.0892. The topological polar surface area (TPSA) is 89.9 Å². The van der Waals surface area contributed by atoms with Gasteiger partial charge in [-0.2, -0.15) is 0 Å². The summed E-state index contributed by atoms with van der Waals surface area (Å²) in [6.07, 6.45) is 2.75. The average Bonchev–Trinajstić information content (AvgIpc) is 2.78. The fourth-order valence-electron chi connectivity index (χ4n) is 6.41. The van der Waals surface area contributed by atoms with Crippen LogP contribution in [0.25, 0.3) is 0 Å². The van der Waals surface area contributed by atoms with Crippen molar-refractivity contribution in [3.8, 4) is 5.75 Å². The van der Waals surface area contributed by atoms with E-state index in [2.05, 4.69) is 10.2 Å². The van der Waals surface area contributed by atoms with Crippen molar-refractivity contribution in [1.29, 1.82) is 0 Å². The molecule has 2 radical (unpaired) electrons. The molecule has 7 heteroatoms. The van der Waals surface area contributed by atoms with Crippen LogP contribution in [0.15, 0.2) is 36.4 Å². The summed E-state index contributed by atoms with van der Waals surface area (Å²) in [6, 6.07) is 10.9. The van der Waals surface area contributed by atoms with E-state index in [1.54, 1.807) is 6.07 Å². The highest BCUT2D eigenvalue weighted by atomic mass is 16.3. The second kappa shape index (κ2) is 7.99. The number of nitrogens with one attached hydrogen (secondary N) is 1. The van der Waals surface area contributed by atoms with Gasteiger partial charge in [-0.3, -0.25) is 9.59 Å². The number of carbonyl (C=O) groups excluding carboxylic acids is 2. The predicted octanol–water partition coefficient (Wildman–Crippen LogP) is 1.14. The van der Waals surface area contributed by atoms with E-state index in [1.165, 1.54) is 0 Å². The lowest BCUT2D eigenvalue weighted by molar-refractivity contribution is -0.169. The highest BCUT2D eigenvalue weighted by molar-refractivity contribution is 6.32. The summed E-state index contributed by atoms with van der Waals surface area (Å²) in [7, 11) is 7.73. The average molecular weight is 444 g/mol. The van der Waals surface area contributed by atoms with Crippen LogP contribution in [-0.4, -0.2) is 66.4 Å². The molecule has 3 aliphatic rings. The maximum atomic E-state index is 13.0. The number of aliphatic hydroxyl groups is 1. The first-order valence-corrected chi connectivity index (χ1v) is 11.7. The fraction of sp³-hybridized carbons (Fsp3) is 0.462. The number of phenols is 1. The second-order valence-electron chi connectivity index (χ2n) is 9.92. The predicted molar refractivity (Wildman–Crippen MR) is 126 cm³/mol. The van der Waals surface area contributed by atoms with Gasteiger partial charge in [-0.15, -0.1) is 0 Å². The summed E-state index contributed by atoms with van der Waals surface area (Å²) in [4.78, 5) is 27.7. The third-order valence-corrected chi connectivity index (χ3v) is 8.17. The molecule has 6 nitrogen and oxygen atoms in total. The fourth-order valence-corrected chi connectivity index (χ4v) is 6.41. The summed E-state index contributed by atoms with van der Waals surface area (Å²) < 4.78 is 0. The van der Waals surface area contributed by atoms with E-state index in [4.69, 9.17) is 7.85 Å². The van der Waals surface area contributed by atoms with Crippen LogP contribution in [0.4, 0.5) is 0 Å². The van der Waals surface area contributed by atoms with E-state index in [9.17, 15) is 19.8 Å². The number of hydrogen-bond donors (Lipinski definition) is 3. The Morgan fingerprint density at radius 1 is 1.21 bits per heavy atom. The molecule has 1 saturated carbocycles. The van der Waals surface area contributed by atoms with Gasteiger partial charge in [-0.25, -0.2) is 0 Å². The number of piperidine rings is 1. The summed E-state index contributed by atoms with van der Waals surface area (Å²) >= 11 is 0. The van der Waals surface area contributed by atoms with Gasteiger partial charge in [0.2, 0.25) is 0 Å². The molecule has 1 heterocycles. The lowest BCUT2D eigenvalue weighted by atomic mass is 9.49. The number of likely N-dealkylation sites (tertiary alicyclic amines) is 1. The number of nitrogens with zero attached hydrogens (tertiary/aromatic N) is 1. The van der Waals surface area contributed by atoms with E-state index in [0.717, 1.165) is 17.7 Å². The molecule has 1 saturated heterocycles. The van der Waals surface area contributed by atoms with Crippen LogP contribution < -0.4 is 10.8 Å². The number of Topliss-reactive ketones (excluding diaryl/α,β-unsaturated/α-hetero) is 1. The van der Waals surface area contributed by atoms with Crippen molar-refractivity contribution >= 4 is 25.0 Å². The van der Waals surface area contributed by atoms with E-state index in [0.29, 0.717) is 49.7 Å². The number of carbonyl (C=O) groups is 2. The molecule has 170 valence electrons. The van der Waals surface area contributed by atoms with Crippen molar-refractivity contribution in [2.24, 2.45) is 0 Å². The Morgan fingerprint density at radius 2 is 1.97 bits per heavy atom. The molecule has 2 aliphatic carbocycles. The van der Waals surface area contributed by atoms with Crippen LogP contribution in [0, 0.1) is 0 Å². The summed E-state index contributed by atoms with van der Waals surface area (Å²) in [5.41, 5.74) is 1.52. The Kier molecular flexibility index (Phi) is 5.37. The maximum absolute atomic E-state index is 13.0. The molecule has 3 atom stereocenters. The Bertz CT molecular complexity index is 1120. The number of ketones is 1. The smallest absolute Gasteiger partial charge is 0.255 e. The SMILES string of the molecule is [B]c1ccc(CCNC(=O)c2ccc3c(c2O)[C@]24CCN(C)[C@H](C3)[C@]2(O)CCC(=O)C4)cc1. The van der Waals surface area contributed by atoms with Gasteiger partial charge in [0.15, 0.2) is 0 Å². The molecule has 0 unspecified atom stereocenters. The first-order chi connectivity index (χ1) is 15.7. The van der Waals surface area contributed by atoms with E-state index >= 15 is 0 Å². The van der Waals surface area contributed by atoms with Crippen molar-refractivity contribution in [3.63, 3.8) is 0 Å². The van der Waals surface area contributed by atoms with Gasteiger partial charge < -0.3 is 20.4 Å². The zero-order valence-electron chi connectivity index (χ0n) is 18.9. The molecule has 2 fully saturated rings. The molecule has 2 aromatic rings. The second-order valence-corrected chi connectivity index (χ2v) is 9.92. The molecular formula is C26H29BN2O4. The van der Waals surface area contributed by atoms with Crippen LogP contribution in [0.2, 0.25) is 0 Å². The Morgan fingerprint density at radius 3 is 2.73 bits per heavy atom. The Labute approximate surface area is 195 Å². The minimum atomic E-state index is -1.09. The normalized spacial score (nSPS) is 28.7. The van der Waals surface area contributed by atoms with Crippen molar-refractivity contribution in [1.82, 2.24) is 10.2 Å². The number of aromatic hydroxyl groups is 1. The van der Waals surface area contributed by atoms with Crippen LogP contribution >= 0.6 is 0 Å². The molecule has 3 N–H and O–H groups in total. The monoisotopic (exact) mass is 444 g/mol.